The standard InChI is InChI=1S/C12H9ClF3NO3/c1-2-19-11(18)4-7-3-8(6-17)10(5-9(7)13)20-12(14,15)16/h3,5H,2,4H2,1H3. The van der Waals surface area contributed by atoms with E-state index in [4.69, 9.17) is 21.6 Å². The van der Waals surface area contributed by atoms with Gasteiger partial charge in [-0.15, -0.1) is 13.2 Å². The third kappa shape index (κ3) is 4.63. The van der Waals surface area contributed by atoms with Crippen molar-refractivity contribution in [3.63, 3.8) is 0 Å². The van der Waals surface area contributed by atoms with Gasteiger partial charge in [0.15, 0.2) is 0 Å². The van der Waals surface area contributed by atoms with Crippen LogP contribution in [-0.4, -0.2) is 18.9 Å². The van der Waals surface area contributed by atoms with Gasteiger partial charge in [0.25, 0.3) is 0 Å². The Kier molecular flexibility index (Phi) is 5.22. The van der Waals surface area contributed by atoms with Crippen LogP contribution in [0.25, 0.3) is 0 Å². The molecule has 0 fully saturated rings. The summed E-state index contributed by atoms with van der Waals surface area (Å²) < 4.78 is 44.8. The summed E-state index contributed by atoms with van der Waals surface area (Å²) in [6.07, 6.45) is -5.18. The van der Waals surface area contributed by atoms with Crippen molar-refractivity contribution < 1.29 is 27.4 Å². The topological polar surface area (TPSA) is 59.3 Å². The van der Waals surface area contributed by atoms with Gasteiger partial charge in [-0.05, 0) is 18.6 Å². The molecule has 0 bridgehead atoms. The fourth-order valence-electron chi connectivity index (χ4n) is 1.40. The van der Waals surface area contributed by atoms with Crippen molar-refractivity contribution in [3.05, 3.63) is 28.3 Å². The molecule has 1 aromatic carbocycles. The van der Waals surface area contributed by atoms with E-state index in [9.17, 15) is 18.0 Å². The number of benzene rings is 1. The number of alkyl halides is 3. The minimum absolute atomic E-state index is 0.115. The summed E-state index contributed by atoms with van der Waals surface area (Å²) in [5.41, 5.74) is -0.179. The van der Waals surface area contributed by atoms with Crippen LogP contribution in [0.4, 0.5) is 13.2 Å². The van der Waals surface area contributed by atoms with Gasteiger partial charge < -0.3 is 9.47 Å². The molecule has 4 nitrogen and oxygen atoms in total. The van der Waals surface area contributed by atoms with Gasteiger partial charge in [0.05, 0.1) is 18.6 Å². The highest BCUT2D eigenvalue weighted by Crippen LogP contribution is 2.31. The molecule has 108 valence electrons. The Labute approximate surface area is 117 Å². The highest BCUT2D eigenvalue weighted by Gasteiger charge is 2.32. The Morgan fingerprint density at radius 3 is 2.60 bits per heavy atom. The number of carbonyl (C=O) groups is 1. The summed E-state index contributed by atoms with van der Waals surface area (Å²) in [6.45, 7) is 1.78. The Morgan fingerprint density at radius 1 is 1.45 bits per heavy atom. The van der Waals surface area contributed by atoms with E-state index in [2.05, 4.69) is 4.74 Å². The molecule has 0 N–H and O–H groups in total. The molecule has 1 rings (SSSR count). The predicted molar refractivity (Wildman–Crippen MR) is 63.2 cm³/mol. The number of hydrogen-bond donors (Lipinski definition) is 0. The quantitative estimate of drug-likeness (QED) is 0.801. The summed E-state index contributed by atoms with van der Waals surface area (Å²) >= 11 is 5.77. The van der Waals surface area contributed by atoms with Gasteiger partial charge >= 0.3 is 12.3 Å². The molecule has 20 heavy (non-hydrogen) atoms. The van der Waals surface area contributed by atoms with Crippen molar-refractivity contribution in [1.29, 1.82) is 5.26 Å². The van der Waals surface area contributed by atoms with Gasteiger partial charge in [0.1, 0.15) is 11.8 Å². The number of hydrogen-bond acceptors (Lipinski definition) is 4. The van der Waals surface area contributed by atoms with E-state index in [1.165, 1.54) is 0 Å². The molecule has 0 spiro atoms. The Bertz CT molecular complexity index is 552. The van der Waals surface area contributed by atoms with Crippen LogP contribution in [0.1, 0.15) is 18.1 Å². The first-order valence-corrected chi connectivity index (χ1v) is 5.78. The number of carbonyl (C=O) groups excluding carboxylic acids is 1. The van der Waals surface area contributed by atoms with Crippen molar-refractivity contribution >= 4 is 17.6 Å². The van der Waals surface area contributed by atoms with Gasteiger partial charge in [-0.3, -0.25) is 4.79 Å². The molecule has 0 unspecified atom stereocenters. The number of ether oxygens (including phenoxy) is 2. The predicted octanol–water partition coefficient (Wildman–Crippen LogP) is 3.22. The van der Waals surface area contributed by atoms with Crippen LogP contribution in [0.3, 0.4) is 0 Å². The van der Waals surface area contributed by atoms with E-state index in [1.54, 1.807) is 13.0 Å². The number of rotatable bonds is 4. The molecule has 8 heteroatoms. The van der Waals surface area contributed by atoms with E-state index in [1.807, 2.05) is 0 Å². The van der Waals surface area contributed by atoms with Crippen molar-refractivity contribution in [2.24, 2.45) is 0 Å². The van der Waals surface area contributed by atoms with E-state index in [0.29, 0.717) is 0 Å². The number of nitrogens with zero attached hydrogens (tertiary/aromatic N) is 1. The molecular weight excluding hydrogens is 299 g/mol. The number of halogens is 4. The molecule has 0 aromatic heterocycles. The number of esters is 1. The number of nitriles is 1. The van der Waals surface area contributed by atoms with Gasteiger partial charge in [0, 0.05) is 11.1 Å². The second-order valence-corrected chi connectivity index (χ2v) is 3.99. The normalized spacial score (nSPS) is 10.8. The van der Waals surface area contributed by atoms with Crippen molar-refractivity contribution in [2.75, 3.05) is 6.61 Å². The average molecular weight is 308 g/mol. The summed E-state index contributed by atoms with van der Waals surface area (Å²) in [7, 11) is 0. The maximum Gasteiger partial charge on any atom is 0.573 e. The zero-order valence-corrected chi connectivity index (χ0v) is 11.0. The Balaban J connectivity index is 3.08. The minimum atomic E-state index is -4.93. The molecule has 0 aliphatic carbocycles. The van der Waals surface area contributed by atoms with Crippen molar-refractivity contribution in [1.82, 2.24) is 0 Å². The van der Waals surface area contributed by atoms with Gasteiger partial charge in [-0.1, -0.05) is 11.6 Å². The molecule has 0 aliphatic rings. The lowest BCUT2D eigenvalue weighted by Gasteiger charge is -2.12. The smallest absolute Gasteiger partial charge is 0.466 e. The SMILES string of the molecule is CCOC(=O)Cc1cc(C#N)c(OC(F)(F)F)cc1Cl. The molecule has 0 heterocycles. The summed E-state index contributed by atoms with van der Waals surface area (Å²) in [5, 5.41) is 8.70. The van der Waals surface area contributed by atoms with Gasteiger partial charge in [-0.2, -0.15) is 5.26 Å². The molecule has 0 atom stereocenters. The fraction of sp³-hybridized carbons (Fsp3) is 0.333. The third-order valence-electron chi connectivity index (χ3n) is 2.13. The zero-order chi connectivity index (χ0) is 15.3. The van der Waals surface area contributed by atoms with Gasteiger partial charge in [-0.25, -0.2) is 0 Å². The second kappa shape index (κ2) is 6.48. The van der Waals surface area contributed by atoms with Crippen LogP contribution < -0.4 is 4.74 Å². The third-order valence-corrected chi connectivity index (χ3v) is 2.49. The van der Waals surface area contributed by atoms with Crippen LogP contribution in [-0.2, 0) is 16.0 Å². The molecular formula is C12H9ClF3NO3. The lowest BCUT2D eigenvalue weighted by atomic mass is 10.1. The van der Waals surface area contributed by atoms with E-state index in [0.717, 1.165) is 12.1 Å². The monoisotopic (exact) mass is 307 g/mol. The molecule has 0 amide bonds. The lowest BCUT2D eigenvalue weighted by Crippen LogP contribution is -2.18. The fourth-order valence-corrected chi connectivity index (χ4v) is 1.62. The summed E-state index contributed by atoms with van der Waals surface area (Å²) in [4.78, 5) is 11.3. The van der Waals surface area contributed by atoms with Crippen molar-refractivity contribution in [2.45, 2.75) is 19.7 Å². The van der Waals surface area contributed by atoms with Crippen LogP contribution in [0.15, 0.2) is 12.1 Å². The molecule has 0 radical (unpaired) electrons. The van der Waals surface area contributed by atoms with Crippen molar-refractivity contribution in [3.8, 4) is 11.8 Å². The Hall–Kier alpha value is -1.94. The molecule has 0 aliphatic heterocycles. The molecule has 1 aromatic rings. The Morgan fingerprint density at radius 2 is 2.10 bits per heavy atom. The zero-order valence-electron chi connectivity index (χ0n) is 10.3. The highest BCUT2D eigenvalue weighted by molar-refractivity contribution is 6.31. The first kappa shape index (κ1) is 16.1. The van der Waals surface area contributed by atoms with E-state index in [-0.39, 0.29) is 29.2 Å². The molecule has 0 saturated heterocycles. The van der Waals surface area contributed by atoms with Crippen LogP contribution in [0.2, 0.25) is 5.02 Å². The second-order valence-electron chi connectivity index (χ2n) is 3.58. The van der Waals surface area contributed by atoms with E-state index < -0.39 is 18.1 Å². The summed E-state index contributed by atoms with van der Waals surface area (Å²) in [5.74, 6) is -1.31. The maximum atomic E-state index is 12.2. The first-order chi connectivity index (χ1) is 9.26. The lowest BCUT2D eigenvalue weighted by molar-refractivity contribution is -0.274. The average Bonchev–Trinajstić information content (AvgIpc) is 2.31. The van der Waals surface area contributed by atoms with Crippen LogP contribution in [0, 0.1) is 11.3 Å². The maximum absolute atomic E-state index is 12.2. The minimum Gasteiger partial charge on any atom is -0.466 e. The van der Waals surface area contributed by atoms with Crippen LogP contribution in [0.5, 0.6) is 5.75 Å². The van der Waals surface area contributed by atoms with E-state index >= 15 is 0 Å². The largest absolute Gasteiger partial charge is 0.573 e. The summed E-state index contributed by atoms with van der Waals surface area (Å²) in [6, 6.07) is 3.47. The highest BCUT2D eigenvalue weighted by atomic mass is 35.5. The first-order valence-electron chi connectivity index (χ1n) is 5.40. The molecule has 0 saturated carbocycles. The van der Waals surface area contributed by atoms with Crippen LogP contribution >= 0.6 is 11.6 Å². The van der Waals surface area contributed by atoms with Gasteiger partial charge in [0.2, 0.25) is 0 Å².